The molecule has 0 aliphatic heterocycles. The van der Waals surface area contributed by atoms with E-state index in [2.05, 4.69) is 0 Å². The van der Waals surface area contributed by atoms with Crippen molar-refractivity contribution < 1.29 is 14.2 Å². The first-order chi connectivity index (χ1) is 5.83. The molecule has 72 valence electrons. The third-order valence-corrected chi connectivity index (χ3v) is 0.864. The average molecular weight is 176 g/mol. The Morgan fingerprint density at radius 2 is 1.25 bits per heavy atom. The minimum atomic E-state index is 0.653. The van der Waals surface area contributed by atoms with Gasteiger partial charge >= 0.3 is 0 Å². The molecule has 6 nitrogen and oxygen atoms in total. The Balaban J connectivity index is 0. The van der Waals surface area contributed by atoms with Crippen LogP contribution in [-0.2, 0) is 14.2 Å². The molecule has 0 heterocycles. The molecule has 0 atom stereocenters. The summed E-state index contributed by atoms with van der Waals surface area (Å²) in [5, 5.41) is 0. The lowest BCUT2D eigenvalue weighted by Crippen LogP contribution is -2.06. The lowest BCUT2D eigenvalue weighted by Gasteiger charge is -2.00. The normalized spacial score (nSPS) is 8.17. The molecule has 12 heavy (non-hydrogen) atoms. The van der Waals surface area contributed by atoms with Gasteiger partial charge in [0.2, 0.25) is 0 Å². The fourth-order valence-electron chi connectivity index (χ4n) is 0.387. The first kappa shape index (κ1) is 13.8. The second kappa shape index (κ2) is 16.6. The van der Waals surface area contributed by atoms with Crippen molar-refractivity contribution in [2.75, 3.05) is 40.6 Å². The van der Waals surface area contributed by atoms with Gasteiger partial charge in [-0.2, -0.15) is 0 Å². The SMILES string of the molecule is COCCOCCOC.[N-]=[N+]=[N-]. The van der Waals surface area contributed by atoms with E-state index >= 15 is 0 Å². The van der Waals surface area contributed by atoms with Crippen LogP contribution in [0.15, 0.2) is 0 Å². The summed E-state index contributed by atoms with van der Waals surface area (Å²) in [6.45, 7) is 2.62. The summed E-state index contributed by atoms with van der Waals surface area (Å²) in [5.74, 6) is 0. The molecule has 0 aromatic heterocycles. The van der Waals surface area contributed by atoms with Gasteiger partial charge in [0, 0.05) is 14.2 Å². The van der Waals surface area contributed by atoms with Crippen molar-refractivity contribution in [3.63, 3.8) is 0 Å². The molecule has 6 heteroatoms. The van der Waals surface area contributed by atoms with Gasteiger partial charge in [0.1, 0.15) is 0 Å². The van der Waals surface area contributed by atoms with Crippen LogP contribution in [0, 0.1) is 0 Å². The van der Waals surface area contributed by atoms with E-state index in [1.165, 1.54) is 4.91 Å². The van der Waals surface area contributed by atoms with Crippen LogP contribution in [0.5, 0.6) is 0 Å². The fourth-order valence-corrected chi connectivity index (χ4v) is 0.387. The van der Waals surface area contributed by atoms with Crippen LogP contribution < -0.4 is 0 Å². The number of methoxy groups -OCH3 is 2. The molecule has 0 aliphatic rings. The van der Waals surface area contributed by atoms with Gasteiger partial charge in [0.25, 0.3) is 0 Å². The molecule has 0 aromatic carbocycles. The van der Waals surface area contributed by atoms with E-state index < -0.39 is 0 Å². The molecule has 0 spiro atoms. The van der Waals surface area contributed by atoms with Crippen molar-refractivity contribution in [3.8, 4) is 0 Å². The van der Waals surface area contributed by atoms with Gasteiger partial charge in [-0.15, -0.1) is 0 Å². The molecule has 0 fully saturated rings. The number of rotatable bonds is 6. The number of nitrogens with zero attached hydrogens (tertiary/aromatic N) is 3. The molecule has 0 aromatic rings. The molecule has 0 radical (unpaired) electrons. The van der Waals surface area contributed by atoms with Crippen LogP contribution >= 0.6 is 0 Å². The zero-order chi connectivity index (χ0) is 9.66. The van der Waals surface area contributed by atoms with Crippen molar-refractivity contribution in [2.45, 2.75) is 0 Å². The summed E-state index contributed by atoms with van der Waals surface area (Å²) in [5.41, 5.74) is 13.5. The molecule has 0 amide bonds. The van der Waals surface area contributed by atoms with E-state index in [0.29, 0.717) is 26.4 Å². The third-order valence-electron chi connectivity index (χ3n) is 0.864. The molecule has 0 saturated heterocycles. The molecule has 0 N–H and O–H groups in total. The highest BCUT2D eigenvalue weighted by atomic mass is 16.5. The highest BCUT2D eigenvalue weighted by Gasteiger charge is 1.84. The Labute approximate surface area is 71.8 Å². The van der Waals surface area contributed by atoms with Gasteiger partial charge < -0.3 is 25.3 Å². The zero-order valence-corrected chi connectivity index (χ0v) is 7.39. The highest BCUT2D eigenvalue weighted by Crippen LogP contribution is 1.75. The van der Waals surface area contributed by atoms with Crippen LogP contribution in [0.2, 0.25) is 0 Å². The largest absolute Gasteiger partial charge is 0.382 e. The van der Waals surface area contributed by atoms with Gasteiger partial charge in [0.15, 0.2) is 0 Å². The molecule has 0 aliphatic carbocycles. The highest BCUT2D eigenvalue weighted by molar-refractivity contribution is 4.36. The van der Waals surface area contributed by atoms with Gasteiger partial charge in [-0.1, -0.05) is 0 Å². The van der Waals surface area contributed by atoms with Crippen LogP contribution in [0.1, 0.15) is 0 Å². The quantitative estimate of drug-likeness (QED) is 0.263. The summed E-state index contributed by atoms with van der Waals surface area (Å²) in [4.78, 5) is 1.50. The lowest BCUT2D eigenvalue weighted by molar-refractivity contribution is 0.0385. The average Bonchev–Trinajstić information content (AvgIpc) is 2.06. The fraction of sp³-hybridized carbons (Fsp3) is 1.00. The Morgan fingerprint density at radius 1 is 0.917 bits per heavy atom. The van der Waals surface area contributed by atoms with E-state index in [1.807, 2.05) is 0 Å². The van der Waals surface area contributed by atoms with Crippen LogP contribution in [0.3, 0.4) is 0 Å². The Bertz CT molecular complexity index is 98.2. The van der Waals surface area contributed by atoms with E-state index in [1.54, 1.807) is 14.2 Å². The van der Waals surface area contributed by atoms with Crippen molar-refractivity contribution >= 4 is 0 Å². The van der Waals surface area contributed by atoms with Crippen molar-refractivity contribution in [1.29, 1.82) is 0 Å². The van der Waals surface area contributed by atoms with Gasteiger partial charge in [-0.25, -0.2) is 0 Å². The lowest BCUT2D eigenvalue weighted by atomic mass is 10.7. The van der Waals surface area contributed by atoms with E-state index in [-0.39, 0.29) is 0 Å². The maximum absolute atomic E-state index is 6.75. The summed E-state index contributed by atoms with van der Waals surface area (Å²) in [6.07, 6.45) is 0. The predicted octanol–water partition coefficient (Wildman–Crippen LogP) is 1.16. The Kier molecular flexibility index (Phi) is 19.1. The zero-order valence-electron chi connectivity index (χ0n) is 7.39. The topological polar surface area (TPSA) is 86.4 Å². The van der Waals surface area contributed by atoms with Crippen LogP contribution in [0.25, 0.3) is 16.0 Å². The smallest absolute Gasteiger partial charge is 0.0701 e. The number of hydrogen-bond donors (Lipinski definition) is 0. The number of ether oxygens (including phenoxy) is 3. The van der Waals surface area contributed by atoms with E-state index in [4.69, 9.17) is 25.3 Å². The standard InChI is InChI=1S/C6H14O3.N3/c1-7-3-5-9-6-4-8-2;1-3-2/h3-6H2,1-2H3;/q;-1. The monoisotopic (exact) mass is 176 g/mol. The van der Waals surface area contributed by atoms with Gasteiger partial charge in [0.05, 0.1) is 26.4 Å². The summed E-state index contributed by atoms with van der Waals surface area (Å²) >= 11 is 0. The summed E-state index contributed by atoms with van der Waals surface area (Å²) in [7, 11) is 3.30. The maximum atomic E-state index is 6.75. The predicted molar refractivity (Wildman–Crippen MR) is 44.6 cm³/mol. The first-order valence-electron chi connectivity index (χ1n) is 3.37. The van der Waals surface area contributed by atoms with Gasteiger partial charge in [-0.3, -0.25) is 4.91 Å². The van der Waals surface area contributed by atoms with Gasteiger partial charge in [-0.05, 0) is 0 Å². The Hall–Kier alpha value is -0.810. The second-order valence-corrected chi connectivity index (χ2v) is 1.69. The van der Waals surface area contributed by atoms with E-state index in [0.717, 1.165) is 0 Å². The van der Waals surface area contributed by atoms with Crippen LogP contribution in [-0.4, -0.2) is 40.6 Å². The van der Waals surface area contributed by atoms with Crippen molar-refractivity contribution in [1.82, 2.24) is 0 Å². The molecular formula is C6H14N3O3-. The van der Waals surface area contributed by atoms with E-state index in [9.17, 15) is 0 Å². The minimum absolute atomic E-state index is 0.653. The minimum Gasteiger partial charge on any atom is -0.382 e. The summed E-state index contributed by atoms with van der Waals surface area (Å²) in [6, 6.07) is 0. The van der Waals surface area contributed by atoms with Crippen molar-refractivity contribution in [2.24, 2.45) is 0 Å². The number of hydrogen-bond acceptors (Lipinski definition) is 3. The molecular weight excluding hydrogens is 162 g/mol. The van der Waals surface area contributed by atoms with Crippen LogP contribution in [0.4, 0.5) is 0 Å². The molecule has 0 unspecified atom stereocenters. The Morgan fingerprint density at radius 3 is 1.50 bits per heavy atom. The third kappa shape index (κ3) is 22.9. The molecule has 0 saturated carbocycles. The van der Waals surface area contributed by atoms with Crippen molar-refractivity contribution in [3.05, 3.63) is 16.0 Å². The molecule has 0 bridgehead atoms. The second-order valence-electron chi connectivity index (χ2n) is 1.69. The first-order valence-corrected chi connectivity index (χ1v) is 3.37. The maximum Gasteiger partial charge on any atom is 0.0701 e. The molecule has 0 rings (SSSR count). The summed E-state index contributed by atoms with van der Waals surface area (Å²) < 4.78 is 14.6.